The van der Waals surface area contributed by atoms with Crippen LogP contribution >= 0.6 is 22.7 Å². The molecule has 1 aliphatic carbocycles. The van der Waals surface area contributed by atoms with Gasteiger partial charge in [-0.25, -0.2) is 9.67 Å². The molecule has 3 aromatic heterocycles. The molecule has 1 unspecified atom stereocenters. The van der Waals surface area contributed by atoms with E-state index in [1.807, 2.05) is 17.5 Å². The molecule has 3 aromatic rings. The molecular weight excluding hydrogens is 368 g/mol. The predicted octanol–water partition coefficient (Wildman–Crippen LogP) is 3.51. The Hall–Kier alpha value is -2.32. The first-order valence-corrected chi connectivity index (χ1v) is 10.2. The number of thiophene rings is 1. The van der Waals surface area contributed by atoms with Gasteiger partial charge in [0.1, 0.15) is 11.7 Å². The van der Waals surface area contributed by atoms with Crippen molar-refractivity contribution in [3.05, 3.63) is 50.6 Å². The van der Waals surface area contributed by atoms with Crippen LogP contribution < -0.4 is 10.9 Å². The Morgan fingerprint density at radius 3 is 2.88 bits per heavy atom. The van der Waals surface area contributed by atoms with Crippen LogP contribution in [0.15, 0.2) is 34.4 Å². The van der Waals surface area contributed by atoms with E-state index in [2.05, 4.69) is 15.4 Å². The van der Waals surface area contributed by atoms with Crippen LogP contribution in [0.4, 0.5) is 5.13 Å². The van der Waals surface area contributed by atoms with E-state index in [0.29, 0.717) is 10.8 Å². The third kappa shape index (κ3) is 3.34. The second kappa shape index (κ2) is 7.13. The van der Waals surface area contributed by atoms with Crippen molar-refractivity contribution in [1.82, 2.24) is 14.8 Å². The van der Waals surface area contributed by atoms with Crippen molar-refractivity contribution in [3.63, 3.8) is 0 Å². The molecule has 8 heteroatoms. The topological polar surface area (TPSA) is 76.9 Å². The van der Waals surface area contributed by atoms with Crippen molar-refractivity contribution >= 4 is 33.7 Å². The van der Waals surface area contributed by atoms with Crippen molar-refractivity contribution in [2.24, 2.45) is 0 Å². The standard InChI is InChI=1S/C18H18N4O2S2/c1-11(17(24)20-18-19-12-5-2-3-6-15(12)26-18)22-16(23)9-8-13(21-22)14-7-4-10-25-14/h4,7-11H,2-3,5-6H2,1H3,(H,19,20,24). The minimum absolute atomic E-state index is 0.283. The number of thiazole rings is 1. The van der Waals surface area contributed by atoms with Gasteiger partial charge < -0.3 is 5.32 Å². The van der Waals surface area contributed by atoms with E-state index in [1.165, 1.54) is 33.4 Å². The number of amides is 1. The Balaban J connectivity index is 1.56. The van der Waals surface area contributed by atoms with Crippen LogP contribution in [0.2, 0.25) is 0 Å². The van der Waals surface area contributed by atoms with Crippen LogP contribution in [0.5, 0.6) is 0 Å². The van der Waals surface area contributed by atoms with Crippen LogP contribution in [0.1, 0.15) is 36.4 Å². The van der Waals surface area contributed by atoms with E-state index in [4.69, 9.17) is 0 Å². The number of carbonyl (C=O) groups is 1. The normalized spacial score (nSPS) is 14.7. The molecule has 3 heterocycles. The summed E-state index contributed by atoms with van der Waals surface area (Å²) in [6, 6.07) is 6.28. The van der Waals surface area contributed by atoms with E-state index in [0.717, 1.165) is 29.8 Å². The third-order valence-electron chi connectivity index (χ3n) is 4.42. The quantitative estimate of drug-likeness (QED) is 0.744. The van der Waals surface area contributed by atoms with Crippen molar-refractivity contribution in [1.29, 1.82) is 0 Å². The Morgan fingerprint density at radius 2 is 2.12 bits per heavy atom. The summed E-state index contributed by atoms with van der Waals surface area (Å²) < 4.78 is 1.23. The Morgan fingerprint density at radius 1 is 1.27 bits per heavy atom. The fourth-order valence-corrected chi connectivity index (χ4v) is 4.73. The van der Waals surface area contributed by atoms with Gasteiger partial charge in [-0.05, 0) is 50.1 Å². The number of anilines is 1. The maximum Gasteiger partial charge on any atom is 0.267 e. The Bertz CT molecular complexity index is 968. The zero-order chi connectivity index (χ0) is 18.1. The SMILES string of the molecule is CC(C(=O)Nc1nc2c(s1)CCCC2)n1nc(-c2cccs2)ccc1=O. The summed E-state index contributed by atoms with van der Waals surface area (Å²) in [7, 11) is 0. The molecule has 4 rings (SSSR count). The molecule has 0 bridgehead atoms. The number of nitrogens with one attached hydrogen (secondary N) is 1. The maximum absolute atomic E-state index is 12.6. The fraction of sp³-hybridized carbons (Fsp3) is 0.333. The lowest BCUT2D eigenvalue weighted by atomic mass is 10.0. The minimum atomic E-state index is -0.719. The molecule has 0 radical (unpaired) electrons. The van der Waals surface area contributed by atoms with Gasteiger partial charge >= 0.3 is 0 Å². The van der Waals surface area contributed by atoms with Gasteiger partial charge in [0.05, 0.1) is 10.6 Å². The van der Waals surface area contributed by atoms with E-state index >= 15 is 0 Å². The third-order valence-corrected chi connectivity index (χ3v) is 6.39. The molecule has 0 saturated carbocycles. The summed E-state index contributed by atoms with van der Waals surface area (Å²) >= 11 is 3.07. The first kappa shape index (κ1) is 17.1. The summed E-state index contributed by atoms with van der Waals surface area (Å²) in [6.07, 6.45) is 4.33. The first-order chi connectivity index (χ1) is 12.6. The van der Waals surface area contributed by atoms with Crippen LogP contribution in [-0.2, 0) is 17.6 Å². The van der Waals surface area contributed by atoms with Gasteiger partial charge in [-0.2, -0.15) is 5.10 Å². The van der Waals surface area contributed by atoms with Crippen LogP contribution in [0.25, 0.3) is 10.6 Å². The van der Waals surface area contributed by atoms with E-state index in [9.17, 15) is 9.59 Å². The molecule has 0 fully saturated rings. The summed E-state index contributed by atoms with van der Waals surface area (Å²) in [5.74, 6) is -0.283. The average Bonchev–Trinajstić information content (AvgIpc) is 3.30. The lowest BCUT2D eigenvalue weighted by Crippen LogP contribution is -2.33. The van der Waals surface area contributed by atoms with E-state index in [-0.39, 0.29) is 11.5 Å². The van der Waals surface area contributed by atoms with Crippen molar-refractivity contribution in [2.75, 3.05) is 5.32 Å². The number of hydrogen-bond acceptors (Lipinski definition) is 6. The highest BCUT2D eigenvalue weighted by atomic mass is 32.1. The molecule has 0 saturated heterocycles. The highest BCUT2D eigenvalue weighted by Gasteiger charge is 2.21. The monoisotopic (exact) mass is 386 g/mol. The number of aromatic nitrogens is 3. The molecule has 6 nitrogen and oxygen atoms in total. The lowest BCUT2D eigenvalue weighted by Gasteiger charge is -2.13. The number of aryl methyl sites for hydroxylation is 2. The number of hydrogen-bond donors (Lipinski definition) is 1. The smallest absolute Gasteiger partial charge is 0.267 e. The van der Waals surface area contributed by atoms with Gasteiger partial charge in [0.25, 0.3) is 11.5 Å². The lowest BCUT2D eigenvalue weighted by molar-refractivity contribution is -0.119. The van der Waals surface area contributed by atoms with Crippen LogP contribution in [0, 0.1) is 0 Å². The molecule has 0 spiro atoms. The molecule has 1 aliphatic rings. The van der Waals surface area contributed by atoms with Crippen molar-refractivity contribution in [3.8, 4) is 10.6 Å². The molecule has 134 valence electrons. The fourth-order valence-electron chi connectivity index (χ4n) is 2.98. The number of nitrogens with zero attached hydrogens (tertiary/aromatic N) is 3. The maximum atomic E-state index is 12.6. The Labute approximate surface area is 158 Å². The molecule has 0 aromatic carbocycles. The number of fused-ring (bicyclic) bond motifs is 1. The van der Waals surface area contributed by atoms with Crippen LogP contribution in [-0.4, -0.2) is 20.7 Å². The van der Waals surface area contributed by atoms with Crippen LogP contribution in [0.3, 0.4) is 0 Å². The van der Waals surface area contributed by atoms with E-state index < -0.39 is 6.04 Å². The highest BCUT2D eigenvalue weighted by Crippen LogP contribution is 2.30. The Kier molecular flexibility index (Phi) is 4.69. The van der Waals surface area contributed by atoms with Gasteiger partial charge in [-0.3, -0.25) is 9.59 Å². The second-order valence-electron chi connectivity index (χ2n) is 6.24. The molecule has 1 amide bonds. The zero-order valence-electron chi connectivity index (χ0n) is 14.3. The van der Waals surface area contributed by atoms with Crippen molar-refractivity contribution < 1.29 is 4.79 Å². The summed E-state index contributed by atoms with van der Waals surface area (Å²) in [4.78, 5) is 31.6. The first-order valence-electron chi connectivity index (χ1n) is 8.55. The number of carbonyl (C=O) groups excluding carboxylic acids is 1. The molecular formula is C18H18N4O2S2. The largest absolute Gasteiger partial charge is 0.300 e. The summed E-state index contributed by atoms with van der Waals surface area (Å²) in [5.41, 5.74) is 1.48. The van der Waals surface area contributed by atoms with Gasteiger partial charge in [0, 0.05) is 10.9 Å². The average molecular weight is 387 g/mol. The molecule has 1 N–H and O–H groups in total. The van der Waals surface area contributed by atoms with Gasteiger partial charge in [-0.1, -0.05) is 6.07 Å². The minimum Gasteiger partial charge on any atom is -0.300 e. The van der Waals surface area contributed by atoms with Gasteiger partial charge in [0.15, 0.2) is 5.13 Å². The van der Waals surface area contributed by atoms with Gasteiger partial charge in [0.2, 0.25) is 0 Å². The van der Waals surface area contributed by atoms with E-state index in [1.54, 1.807) is 24.3 Å². The van der Waals surface area contributed by atoms with Gasteiger partial charge in [-0.15, -0.1) is 22.7 Å². The molecule has 26 heavy (non-hydrogen) atoms. The zero-order valence-corrected chi connectivity index (χ0v) is 15.9. The molecule has 0 aliphatic heterocycles. The van der Waals surface area contributed by atoms with Crippen molar-refractivity contribution in [2.45, 2.75) is 38.6 Å². The highest BCUT2D eigenvalue weighted by molar-refractivity contribution is 7.15. The second-order valence-corrected chi connectivity index (χ2v) is 8.27. The molecule has 1 atom stereocenters. The number of rotatable bonds is 4. The summed E-state index contributed by atoms with van der Waals surface area (Å²) in [5, 5.41) is 9.79. The predicted molar refractivity (Wildman–Crippen MR) is 104 cm³/mol. The summed E-state index contributed by atoms with van der Waals surface area (Å²) in [6.45, 7) is 1.68.